The van der Waals surface area contributed by atoms with Crippen LogP contribution in [0.3, 0.4) is 0 Å². The Hall–Kier alpha value is -1.78. The Kier molecular flexibility index (Phi) is 5.25. The van der Waals surface area contributed by atoms with Gasteiger partial charge in [0.15, 0.2) is 17.4 Å². The van der Waals surface area contributed by atoms with Crippen LogP contribution in [-0.2, 0) is 19.1 Å². The topological polar surface area (TPSA) is 60.4 Å². The van der Waals surface area contributed by atoms with Crippen LogP contribution in [0.15, 0.2) is 23.6 Å². The van der Waals surface area contributed by atoms with Crippen molar-refractivity contribution in [3.05, 3.63) is 23.6 Å². The highest BCUT2D eigenvalue weighted by Crippen LogP contribution is 2.74. The second-order valence-electron chi connectivity index (χ2n) is 13.7. The molecule has 3 fully saturated rings. The number of hydrogen-bond acceptors (Lipinski definition) is 4. The highest BCUT2D eigenvalue weighted by molar-refractivity contribution is 6.00. The van der Waals surface area contributed by atoms with Crippen molar-refractivity contribution in [2.24, 2.45) is 50.7 Å². The Bertz CT molecular complexity index is 1070. The van der Waals surface area contributed by atoms with Crippen LogP contribution < -0.4 is 0 Å². The van der Waals surface area contributed by atoms with Crippen molar-refractivity contribution in [2.75, 3.05) is 7.11 Å². The molecule has 3 saturated carbocycles. The third-order valence-electron chi connectivity index (χ3n) is 12.0. The largest absolute Gasteiger partial charge is 0.469 e. The lowest BCUT2D eigenvalue weighted by atomic mass is 9.34. The summed E-state index contributed by atoms with van der Waals surface area (Å²) in [5.74, 6) is -1.06. The first-order valence-electron chi connectivity index (χ1n) is 13.5. The molecule has 192 valence electrons. The molecule has 0 bridgehead atoms. The summed E-state index contributed by atoms with van der Waals surface area (Å²) in [5, 5.41) is 0. The number of carbonyl (C=O) groups excluding carboxylic acids is 3. The lowest BCUT2D eigenvalue weighted by Gasteiger charge is -2.68. The van der Waals surface area contributed by atoms with Gasteiger partial charge in [0, 0.05) is 16.7 Å². The van der Waals surface area contributed by atoms with Crippen LogP contribution in [0, 0.1) is 50.7 Å². The zero-order chi connectivity index (χ0) is 25.8. The van der Waals surface area contributed by atoms with Crippen LogP contribution in [0.4, 0.5) is 4.39 Å². The normalized spacial score (nSPS) is 48.5. The summed E-state index contributed by atoms with van der Waals surface area (Å²) in [5.41, 5.74) is -1.74. The van der Waals surface area contributed by atoms with Gasteiger partial charge in [-0.25, -0.2) is 4.39 Å². The van der Waals surface area contributed by atoms with Gasteiger partial charge in [0.1, 0.15) is 0 Å². The fraction of sp³-hybridized carbons (Fsp3) is 0.767. The molecule has 0 aromatic heterocycles. The number of allylic oxidation sites excluding steroid dienone is 4. The number of rotatable bonds is 1. The summed E-state index contributed by atoms with van der Waals surface area (Å²) in [7, 11) is 1.47. The van der Waals surface area contributed by atoms with E-state index in [0.717, 1.165) is 50.5 Å². The van der Waals surface area contributed by atoms with E-state index in [1.807, 2.05) is 26.8 Å². The van der Waals surface area contributed by atoms with E-state index in [1.54, 1.807) is 0 Å². The van der Waals surface area contributed by atoms with E-state index in [2.05, 4.69) is 20.8 Å². The fourth-order valence-electron chi connectivity index (χ4n) is 9.88. The smallest absolute Gasteiger partial charge is 0.312 e. The SMILES string of the molecule is COC(=O)[C@]12CC[C@H](C)CC1C1C(=O)C=C3[C@@]4(C)C=C(F)C(=O)C(C)(C)[C@@H]4CC[C@@]3(C)[C@]1(C)CC2. The fourth-order valence-corrected chi connectivity index (χ4v) is 9.88. The minimum atomic E-state index is -0.818. The third kappa shape index (κ3) is 2.87. The second kappa shape index (κ2) is 7.38. The number of ether oxygens (including phenoxy) is 1. The standard InChI is InChI=1S/C30H41FO4/c1-17-8-11-30(25(34)35-7)13-12-29(6)23(18(30)14-17)20(32)15-22-27(4)16-19(31)24(33)26(2,3)21(27)9-10-28(22,29)5/h15-18,21,23H,8-14H2,1-7H3/t17-,18?,21-,23?,27-,28+,29+,30-/m0/s1. The quantitative estimate of drug-likeness (QED) is 0.405. The van der Waals surface area contributed by atoms with Crippen LogP contribution in [0.1, 0.15) is 86.5 Å². The first-order valence-corrected chi connectivity index (χ1v) is 13.5. The predicted molar refractivity (Wildman–Crippen MR) is 132 cm³/mol. The maximum Gasteiger partial charge on any atom is 0.312 e. The van der Waals surface area contributed by atoms with Gasteiger partial charge in [0.05, 0.1) is 12.5 Å². The van der Waals surface area contributed by atoms with Gasteiger partial charge in [0.25, 0.3) is 0 Å². The van der Waals surface area contributed by atoms with E-state index in [0.29, 0.717) is 5.92 Å². The molecule has 0 N–H and O–H groups in total. The summed E-state index contributed by atoms with van der Waals surface area (Å²) in [4.78, 5) is 40.2. The second-order valence-corrected chi connectivity index (χ2v) is 13.7. The minimum Gasteiger partial charge on any atom is -0.469 e. The van der Waals surface area contributed by atoms with Crippen LogP contribution in [0.25, 0.3) is 0 Å². The molecule has 5 aliphatic rings. The zero-order valence-electron chi connectivity index (χ0n) is 22.4. The van der Waals surface area contributed by atoms with Crippen LogP contribution in [0.2, 0.25) is 0 Å². The van der Waals surface area contributed by atoms with E-state index < -0.39 is 27.9 Å². The number of fused-ring (bicyclic) bond motifs is 7. The lowest BCUT2D eigenvalue weighted by molar-refractivity contribution is -0.187. The van der Waals surface area contributed by atoms with Crippen LogP contribution in [-0.4, -0.2) is 24.6 Å². The molecular weight excluding hydrogens is 443 g/mol. The van der Waals surface area contributed by atoms with E-state index in [9.17, 15) is 14.4 Å². The molecule has 2 unspecified atom stereocenters. The predicted octanol–water partition coefficient (Wildman–Crippen LogP) is 6.39. The molecule has 4 nitrogen and oxygen atoms in total. The Morgan fingerprint density at radius 1 is 1.03 bits per heavy atom. The summed E-state index contributed by atoms with van der Waals surface area (Å²) in [6.07, 6.45) is 9.14. The Labute approximate surface area is 209 Å². The monoisotopic (exact) mass is 484 g/mol. The third-order valence-corrected chi connectivity index (χ3v) is 12.0. The number of halogens is 1. The van der Waals surface area contributed by atoms with Gasteiger partial charge in [-0.2, -0.15) is 0 Å². The Morgan fingerprint density at radius 2 is 1.71 bits per heavy atom. The summed E-state index contributed by atoms with van der Waals surface area (Å²) in [6.45, 7) is 12.5. The molecule has 5 heteroatoms. The van der Waals surface area contributed by atoms with Crippen molar-refractivity contribution in [1.29, 1.82) is 0 Å². The van der Waals surface area contributed by atoms with Gasteiger partial charge in [-0.1, -0.05) is 47.1 Å². The molecule has 0 amide bonds. The number of methoxy groups -OCH3 is 1. The molecule has 0 aromatic rings. The van der Waals surface area contributed by atoms with Crippen LogP contribution >= 0.6 is 0 Å². The summed E-state index contributed by atoms with van der Waals surface area (Å²) < 4.78 is 20.4. The van der Waals surface area contributed by atoms with Crippen molar-refractivity contribution in [1.82, 2.24) is 0 Å². The molecule has 0 aromatic carbocycles. The molecule has 5 aliphatic carbocycles. The number of carbonyl (C=O) groups is 3. The molecule has 0 spiro atoms. The highest BCUT2D eigenvalue weighted by atomic mass is 19.1. The van der Waals surface area contributed by atoms with E-state index in [4.69, 9.17) is 4.74 Å². The van der Waals surface area contributed by atoms with Crippen LogP contribution in [0.5, 0.6) is 0 Å². The number of Topliss-reactive ketones (excluding diaryl/α,β-unsaturated/α-hetero) is 1. The number of esters is 1. The van der Waals surface area contributed by atoms with Crippen molar-refractivity contribution in [3.63, 3.8) is 0 Å². The van der Waals surface area contributed by atoms with E-state index in [-0.39, 0.29) is 40.3 Å². The molecule has 5 rings (SSSR count). The molecular formula is C30H41FO4. The summed E-state index contributed by atoms with van der Waals surface area (Å²) >= 11 is 0. The molecule has 35 heavy (non-hydrogen) atoms. The first kappa shape index (κ1) is 24.9. The highest BCUT2D eigenvalue weighted by Gasteiger charge is 2.70. The molecule has 8 atom stereocenters. The Balaban J connectivity index is 1.68. The first-order chi connectivity index (χ1) is 16.2. The average molecular weight is 485 g/mol. The maximum absolute atomic E-state index is 15.1. The Morgan fingerprint density at radius 3 is 2.37 bits per heavy atom. The van der Waals surface area contributed by atoms with Gasteiger partial charge in [-0.05, 0) is 85.7 Å². The molecule has 0 saturated heterocycles. The van der Waals surface area contributed by atoms with Gasteiger partial charge in [-0.15, -0.1) is 0 Å². The number of hydrogen-bond donors (Lipinski definition) is 0. The zero-order valence-corrected chi connectivity index (χ0v) is 22.4. The van der Waals surface area contributed by atoms with Gasteiger partial charge < -0.3 is 4.74 Å². The lowest BCUT2D eigenvalue weighted by Crippen LogP contribution is -2.65. The van der Waals surface area contributed by atoms with Crippen molar-refractivity contribution in [3.8, 4) is 0 Å². The van der Waals surface area contributed by atoms with Crippen molar-refractivity contribution in [2.45, 2.75) is 86.5 Å². The maximum atomic E-state index is 15.1. The van der Waals surface area contributed by atoms with Gasteiger partial charge in [0.2, 0.25) is 0 Å². The molecule has 0 heterocycles. The van der Waals surface area contributed by atoms with Gasteiger partial charge >= 0.3 is 5.97 Å². The minimum absolute atomic E-state index is 0.0400. The number of ketones is 2. The van der Waals surface area contributed by atoms with Crippen molar-refractivity contribution >= 4 is 17.5 Å². The van der Waals surface area contributed by atoms with E-state index >= 15 is 4.39 Å². The summed E-state index contributed by atoms with van der Waals surface area (Å²) in [6, 6.07) is 0. The molecule has 0 aliphatic heterocycles. The van der Waals surface area contributed by atoms with Crippen molar-refractivity contribution < 1.29 is 23.5 Å². The van der Waals surface area contributed by atoms with E-state index in [1.165, 1.54) is 13.2 Å². The average Bonchev–Trinajstić information content (AvgIpc) is 2.78. The van der Waals surface area contributed by atoms with Gasteiger partial charge in [-0.3, -0.25) is 14.4 Å². The molecule has 0 radical (unpaired) electrons.